The van der Waals surface area contributed by atoms with Gasteiger partial charge in [-0.2, -0.15) is 0 Å². The molecular weight excluding hydrogens is 276 g/mol. The number of carbonyl (C=O) groups excluding carboxylic acids is 3. The van der Waals surface area contributed by atoms with Gasteiger partial charge in [0.1, 0.15) is 12.1 Å². The van der Waals surface area contributed by atoms with Crippen molar-refractivity contribution in [3.63, 3.8) is 0 Å². The van der Waals surface area contributed by atoms with Crippen molar-refractivity contribution < 1.29 is 24.3 Å². The van der Waals surface area contributed by atoms with Crippen LogP contribution in [0.2, 0.25) is 0 Å². The molecule has 1 aliphatic heterocycles. The molecule has 116 valence electrons. The highest BCUT2D eigenvalue weighted by molar-refractivity contribution is 6.06. The summed E-state index contributed by atoms with van der Waals surface area (Å²) in [6.45, 7) is 2.91. The maximum Gasteiger partial charge on any atom is 0.307 e. The second-order valence-electron chi connectivity index (χ2n) is 6.20. The van der Waals surface area contributed by atoms with Gasteiger partial charge in [-0.1, -0.05) is 12.8 Å². The Morgan fingerprint density at radius 2 is 1.76 bits per heavy atom. The molecule has 0 aromatic heterocycles. The van der Waals surface area contributed by atoms with Crippen LogP contribution in [0.4, 0.5) is 0 Å². The molecule has 2 rings (SSSR count). The Bertz CT molecular complexity index is 500. The topological polar surface area (TPSA) is 104 Å². The monoisotopic (exact) mass is 296 g/mol. The molecule has 1 aliphatic carbocycles. The molecule has 2 aliphatic rings. The standard InChI is InChI=1S/C14H20N2O5/c1-14(2)13(21)15-10(17)7-16(14)11(18)8-5-3-4-6-9(8)12(19)20/h8-9H,3-7H2,1-2H3,(H,19,20)(H,15,17,21)/t8-,9+/m1/s1. The van der Waals surface area contributed by atoms with Crippen LogP contribution in [0.3, 0.4) is 0 Å². The number of imide groups is 1. The fraction of sp³-hybridized carbons (Fsp3) is 0.714. The van der Waals surface area contributed by atoms with E-state index < -0.39 is 41.1 Å². The Kier molecular flexibility index (Phi) is 4.02. The smallest absolute Gasteiger partial charge is 0.307 e. The molecule has 21 heavy (non-hydrogen) atoms. The fourth-order valence-corrected chi connectivity index (χ4v) is 3.06. The van der Waals surface area contributed by atoms with Crippen molar-refractivity contribution in [2.45, 2.75) is 45.1 Å². The quantitative estimate of drug-likeness (QED) is 0.705. The van der Waals surface area contributed by atoms with Gasteiger partial charge in [-0.05, 0) is 26.7 Å². The Labute approximate surface area is 122 Å². The minimum absolute atomic E-state index is 0.208. The molecule has 0 aromatic carbocycles. The van der Waals surface area contributed by atoms with Crippen LogP contribution < -0.4 is 5.32 Å². The lowest BCUT2D eigenvalue weighted by Crippen LogP contribution is -2.66. The number of aliphatic carboxylic acids is 1. The molecule has 3 amide bonds. The summed E-state index contributed by atoms with van der Waals surface area (Å²) < 4.78 is 0. The van der Waals surface area contributed by atoms with Crippen molar-refractivity contribution in [1.82, 2.24) is 10.2 Å². The number of rotatable bonds is 2. The van der Waals surface area contributed by atoms with Gasteiger partial charge in [0.15, 0.2) is 0 Å². The lowest BCUT2D eigenvalue weighted by molar-refractivity contribution is -0.162. The minimum atomic E-state index is -1.15. The highest BCUT2D eigenvalue weighted by Gasteiger charge is 2.47. The molecule has 1 saturated heterocycles. The lowest BCUT2D eigenvalue weighted by Gasteiger charge is -2.43. The molecule has 1 heterocycles. The number of hydrogen-bond acceptors (Lipinski definition) is 4. The number of nitrogens with zero attached hydrogens (tertiary/aromatic N) is 1. The van der Waals surface area contributed by atoms with E-state index in [4.69, 9.17) is 0 Å². The van der Waals surface area contributed by atoms with Crippen LogP contribution in [0.1, 0.15) is 39.5 Å². The van der Waals surface area contributed by atoms with Crippen molar-refractivity contribution in [1.29, 1.82) is 0 Å². The Morgan fingerprint density at radius 1 is 1.19 bits per heavy atom. The summed E-state index contributed by atoms with van der Waals surface area (Å²) in [7, 11) is 0. The number of nitrogens with one attached hydrogen (secondary N) is 1. The molecule has 0 unspecified atom stereocenters. The fourth-order valence-electron chi connectivity index (χ4n) is 3.06. The molecule has 1 saturated carbocycles. The van der Waals surface area contributed by atoms with E-state index >= 15 is 0 Å². The zero-order chi connectivity index (χ0) is 15.8. The number of amides is 3. The van der Waals surface area contributed by atoms with E-state index in [1.807, 2.05) is 0 Å². The first-order valence-corrected chi connectivity index (χ1v) is 7.13. The molecule has 0 radical (unpaired) electrons. The first-order valence-electron chi connectivity index (χ1n) is 7.13. The first-order chi connectivity index (χ1) is 9.75. The number of carboxylic acids is 1. The predicted molar refractivity (Wildman–Crippen MR) is 72.0 cm³/mol. The van der Waals surface area contributed by atoms with E-state index in [0.29, 0.717) is 12.8 Å². The van der Waals surface area contributed by atoms with Gasteiger partial charge in [-0.15, -0.1) is 0 Å². The average Bonchev–Trinajstić information content (AvgIpc) is 2.42. The number of piperazine rings is 1. The van der Waals surface area contributed by atoms with Crippen molar-refractivity contribution in [3.05, 3.63) is 0 Å². The minimum Gasteiger partial charge on any atom is -0.481 e. The van der Waals surface area contributed by atoms with E-state index in [2.05, 4.69) is 5.32 Å². The molecule has 7 nitrogen and oxygen atoms in total. The van der Waals surface area contributed by atoms with Crippen LogP contribution in [-0.4, -0.2) is 45.8 Å². The normalized spacial score (nSPS) is 29.0. The third-order valence-electron chi connectivity index (χ3n) is 4.45. The second kappa shape index (κ2) is 5.46. The van der Waals surface area contributed by atoms with E-state index in [-0.39, 0.29) is 6.54 Å². The third-order valence-corrected chi connectivity index (χ3v) is 4.45. The zero-order valence-electron chi connectivity index (χ0n) is 12.2. The molecule has 2 fully saturated rings. The number of hydrogen-bond donors (Lipinski definition) is 2. The highest BCUT2D eigenvalue weighted by Crippen LogP contribution is 2.33. The van der Waals surface area contributed by atoms with Gasteiger partial charge in [-0.25, -0.2) is 0 Å². The average molecular weight is 296 g/mol. The van der Waals surface area contributed by atoms with Crippen molar-refractivity contribution in [2.24, 2.45) is 11.8 Å². The second-order valence-corrected chi connectivity index (χ2v) is 6.20. The van der Waals surface area contributed by atoms with Crippen molar-refractivity contribution in [2.75, 3.05) is 6.54 Å². The van der Waals surface area contributed by atoms with Crippen LogP contribution in [-0.2, 0) is 19.2 Å². The Morgan fingerprint density at radius 3 is 2.33 bits per heavy atom. The van der Waals surface area contributed by atoms with Crippen LogP contribution >= 0.6 is 0 Å². The number of carboxylic acid groups (broad SMARTS) is 1. The summed E-state index contributed by atoms with van der Waals surface area (Å²) in [6.07, 6.45) is 2.51. The van der Waals surface area contributed by atoms with Crippen molar-refractivity contribution >= 4 is 23.7 Å². The van der Waals surface area contributed by atoms with Gasteiger partial charge in [0.05, 0.1) is 11.8 Å². The maximum atomic E-state index is 12.7. The maximum absolute atomic E-state index is 12.7. The Hall–Kier alpha value is -1.92. The van der Waals surface area contributed by atoms with E-state index in [0.717, 1.165) is 12.8 Å². The molecule has 2 atom stereocenters. The summed E-state index contributed by atoms with van der Waals surface area (Å²) >= 11 is 0. The number of carbonyl (C=O) groups is 4. The summed E-state index contributed by atoms with van der Waals surface area (Å²) in [5, 5.41) is 11.5. The molecule has 0 aromatic rings. The Balaban J connectivity index is 2.26. The van der Waals surface area contributed by atoms with Gasteiger partial charge in [-0.3, -0.25) is 24.5 Å². The van der Waals surface area contributed by atoms with Gasteiger partial charge in [0.2, 0.25) is 11.8 Å². The lowest BCUT2D eigenvalue weighted by atomic mass is 9.77. The van der Waals surface area contributed by atoms with E-state index in [1.165, 1.54) is 4.90 Å². The SMILES string of the molecule is CC1(C)C(=O)NC(=O)CN1C(=O)[C@@H]1CCCC[C@@H]1C(=O)O. The molecule has 0 spiro atoms. The van der Waals surface area contributed by atoms with Crippen LogP contribution in [0.15, 0.2) is 0 Å². The van der Waals surface area contributed by atoms with Gasteiger partial charge in [0, 0.05) is 0 Å². The van der Waals surface area contributed by atoms with Crippen LogP contribution in [0, 0.1) is 11.8 Å². The van der Waals surface area contributed by atoms with Gasteiger partial charge in [0.25, 0.3) is 5.91 Å². The summed E-state index contributed by atoms with van der Waals surface area (Å²) in [4.78, 5) is 48.7. The highest BCUT2D eigenvalue weighted by atomic mass is 16.4. The van der Waals surface area contributed by atoms with Crippen LogP contribution in [0.5, 0.6) is 0 Å². The first kappa shape index (κ1) is 15.5. The van der Waals surface area contributed by atoms with Crippen LogP contribution in [0.25, 0.3) is 0 Å². The molecule has 7 heteroatoms. The molecular formula is C14H20N2O5. The summed E-state index contributed by atoms with van der Waals surface area (Å²) in [5.74, 6) is -3.85. The largest absolute Gasteiger partial charge is 0.481 e. The van der Waals surface area contributed by atoms with Crippen molar-refractivity contribution in [3.8, 4) is 0 Å². The zero-order valence-corrected chi connectivity index (χ0v) is 12.2. The van der Waals surface area contributed by atoms with Gasteiger partial charge >= 0.3 is 5.97 Å². The van der Waals surface area contributed by atoms with E-state index in [1.54, 1.807) is 13.8 Å². The molecule has 0 bridgehead atoms. The summed E-state index contributed by atoms with van der Waals surface area (Å²) in [5.41, 5.74) is -1.15. The predicted octanol–water partition coefficient (Wildman–Crippen LogP) is 0.141. The third kappa shape index (κ3) is 2.77. The van der Waals surface area contributed by atoms with E-state index in [9.17, 15) is 24.3 Å². The summed E-state index contributed by atoms with van der Waals surface area (Å²) in [6, 6.07) is 0. The molecule has 2 N–H and O–H groups in total. The van der Waals surface area contributed by atoms with Gasteiger partial charge < -0.3 is 10.0 Å².